The molecular formula is C14H19N3O5S. The van der Waals surface area contributed by atoms with Gasteiger partial charge in [-0.2, -0.15) is 0 Å². The summed E-state index contributed by atoms with van der Waals surface area (Å²) in [6.07, 6.45) is 0.177. The predicted molar refractivity (Wildman–Crippen MR) is 82.1 cm³/mol. The molecule has 0 bridgehead atoms. The van der Waals surface area contributed by atoms with Gasteiger partial charge in [0.1, 0.15) is 5.70 Å². The minimum Gasteiger partial charge on any atom is -0.477 e. The molecule has 0 aliphatic carbocycles. The standard InChI is InChI=1S/C14H19N3O5S/c1-5(18)10-8-3-9(11(14(21)22)17(8)13(10)20)23-6-2-7(12(15)19)16-4-6/h5-8,10,16,18H,2-4H2,1H3,(H2,15,19)(H,21,22). The number of carbonyl (C=O) groups excluding carboxylic acids is 2. The van der Waals surface area contributed by atoms with E-state index in [2.05, 4.69) is 5.32 Å². The lowest BCUT2D eigenvalue weighted by molar-refractivity contribution is -0.161. The van der Waals surface area contributed by atoms with E-state index in [0.717, 1.165) is 0 Å². The fourth-order valence-corrected chi connectivity index (χ4v) is 4.98. The molecule has 8 nitrogen and oxygen atoms in total. The molecule has 2 saturated heterocycles. The number of aliphatic hydroxyl groups excluding tert-OH is 1. The number of aliphatic carboxylic acids is 1. The highest BCUT2D eigenvalue weighted by Crippen LogP contribution is 2.48. The SMILES string of the molecule is CC(O)C1C(=O)N2C(C(=O)O)=C(SC3CNC(C(N)=O)C3)CC12. The number of carbonyl (C=O) groups is 3. The minimum atomic E-state index is -1.13. The van der Waals surface area contributed by atoms with Gasteiger partial charge in [-0.15, -0.1) is 11.8 Å². The van der Waals surface area contributed by atoms with E-state index >= 15 is 0 Å². The van der Waals surface area contributed by atoms with Gasteiger partial charge in [-0.1, -0.05) is 0 Å². The number of nitrogens with one attached hydrogen (secondary N) is 1. The third kappa shape index (κ3) is 2.62. The van der Waals surface area contributed by atoms with Crippen LogP contribution in [0.3, 0.4) is 0 Å². The number of thioether (sulfide) groups is 1. The molecule has 5 N–H and O–H groups in total. The summed E-state index contributed by atoms with van der Waals surface area (Å²) in [5, 5.41) is 22.2. The summed E-state index contributed by atoms with van der Waals surface area (Å²) in [6, 6.07) is -0.677. The smallest absolute Gasteiger partial charge is 0.353 e. The van der Waals surface area contributed by atoms with E-state index in [-0.39, 0.29) is 22.9 Å². The van der Waals surface area contributed by atoms with Crippen molar-refractivity contribution in [3.8, 4) is 0 Å². The van der Waals surface area contributed by atoms with E-state index in [1.807, 2.05) is 0 Å². The predicted octanol–water partition coefficient (Wildman–Crippen LogP) is -1.16. The summed E-state index contributed by atoms with van der Waals surface area (Å²) in [5.74, 6) is -2.43. The number of primary amides is 1. The first kappa shape index (κ1) is 16.3. The van der Waals surface area contributed by atoms with Crippen LogP contribution in [-0.2, 0) is 14.4 Å². The Morgan fingerprint density at radius 3 is 2.70 bits per heavy atom. The fraction of sp³-hybridized carbons (Fsp3) is 0.643. The summed E-state index contributed by atoms with van der Waals surface area (Å²) in [6.45, 7) is 2.11. The Labute approximate surface area is 137 Å². The van der Waals surface area contributed by atoms with Gasteiger partial charge in [-0.05, 0) is 13.3 Å². The molecule has 3 aliphatic heterocycles. The Morgan fingerprint density at radius 2 is 2.17 bits per heavy atom. The number of rotatable bonds is 5. The lowest BCUT2D eigenvalue weighted by Gasteiger charge is -2.44. The molecule has 2 amide bonds. The molecule has 2 fully saturated rings. The number of aliphatic hydroxyl groups is 1. The third-order valence-electron chi connectivity index (χ3n) is 4.63. The van der Waals surface area contributed by atoms with Crippen LogP contribution in [-0.4, -0.2) is 62.9 Å². The van der Waals surface area contributed by atoms with Crippen molar-refractivity contribution in [2.75, 3.05) is 6.54 Å². The molecule has 0 aromatic rings. The van der Waals surface area contributed by atoms with Crippen molar-refractivity contribution in [2.24, 2.45) is 11.7 Å². The summed E-state index contributed by atoms with van der Waals surface area (Å²) < 4.78 is 0. The van der Waals surface area contributed by atoms with E-state index in [1.165, 1.54) is 16.7 Å². The third-order valence-corrected chi connectivity index (χ3v) is 5.97. The number of carboxylic acids is 1. The summed E-state index contributed by atoms with van der Waals surface area (Å²) in [7, 11) is 0. The van der Waals surface area contributed by atoms with Gasteiger partial charge in [-0.3, -0.25) is 9.59 Å². The molecule has 0 spiro atoms. The molecule has 0 aromatic carbocycles. The van der Waals surface area contributed by atoms with E-state index in [0.29, 0.717) is 24.3 Å². The fourth-order valence-electron chi connectivity index (χ4n) is 3.55. The number of nitrogens with two attached hydrogens (primary N) is 1. The van der Waals surface area contributed by atoms with Crippen molar-refractivity contribution in [3.63, 3.8) is 0 Å². The van der Waals surface area contributed by atoms with Gasteiger partial charge in [0.05, 0.1) is 24.1 Å². The monoisotopic (exact) mass is 341 g/mol. The number of hydrogen-bond donors (Lipinski definition) is 4. The zero-order valence-corrected chi connectivity index (χ0v) is 13.4. The van der Waals surface area contributed by atoms with Crippen molar-refractivity contribution < 1.29 is 24.6 Å². The summed E-state index contributed by atoms with van der Waals surface area (Å²) >= 11 is 1.39. The molecule has 3 heterocycles. The van der Waals surface area contributed by atoms with Gasteiger partial charge < -0.3 is 26.2 Å². The van der Waals surface area contributed by atoms with Crippen LogP contribution in [0.4, 0.5) is 0 Å². The molecule has 5 atom stereocenters. The normalized spacial score (nSPS) is 34.3. The van der Waals surface area contributed by atoms with Gasteiger partial charge in [0, 0.05) is 23.1 Å². The molecule has 23 heavy (non-hydrogen) atoms. The number of amides is 2. The van der Waals surface area contributed by atoms with Crippen LogP contribution in [0.25, 0.3) is 0 Å². The minimum absolute atomic E-state index is 0.0180. The summed E-state index contributed by atoms with van der Waals surface area (Å²) in [5.41, 5.74) is 5.29. The topological polar surface area (TPSA) is 133 Å². The second-order valence-corrected chi connectivity index (χ2v) is 7.56. The Bertz CT molecular complexity index is 605. The van der Waals surface area contributed by atoms with Crippen LogP contribution < -0.4 is 11.1 Å². The van der Waals surface area contributed by atoms with Crippen LogP contribution in [0, 0.1) is 5.92 Å². The van der Waals surface area contributed by atoms with Gasteiger partial charge in [0.2, 0.25) is 11.8 Å². The number of fused-ring (bicyclic) bond motifs is 1. The first-order valence-electron chi connectivity index (χ1n) is 7.48. The number of nitrogens with zero attached hydrogens (tertiary/aromatic N) is 1. The van der Waals surface area contributed by atoms with Crippen LogP contribution in [0.1, 0.15) is 19.8 Å². The van der Waals surface area contributed by atoms with Crippen LogP contribution in [0.5, 0.6) is 0 Å². The largest absolute Gasteiger partial charge is 0.477 e. The maximum absolute atomic E-state index is 12.1. The molecule has 5 unspecified atom stereocenters. The molecular weight excluding hydrogens is 322 g/mol. The highest BCUT2D eigenvalue weighted by molar-refractivity contribution is 8.03. The molecule has 0 radical (unpaired) electrons. The second-order valence-electron chi connectivity index (χ2n) is 6.16. The Balaban J connectivity index is 1.75. The molecule has 0 aromatic heterocycles. The quantitative estimate of drug-likeness (QED) is 0.464. The van der Waals surface area contributed by atoms with Gasteiger partial charge in [0.15, 0.2) is 0 Å². The maximum atomic E-state index is 12.1. The lowest BCUT2D eigenvalue weighted by atomic mass is 9.83. The first-order valence-corrected chi connectivity index (χ1v) is 8.36. The van der Waals surface area contributed by atoms with E-state index in [4.69, 9.17) is 5.73 Å². The number of hydrogen-bond acceptors (Lipinski definition) is 6. The van der Waals surface area contributed by atoms with Crippen molar-refractivity contribution in [1.29, 1.82) is 0 Å². The van der Waals surface area contributed by atoms with Crippen molar-refractivity contribution in [2.45, 2.75) is 43.2 Å². The highest BCUT2D eigenvalue weighted by Gasteiger charge is 2.57. The van der Waals surface area contributed by atoms with Crippen LogP contribution >= 0.6 is 11.8 Å². The summed E-state index contributed by atoms with van der Waals surface area (Å²) in [4.78, 5) is 36.8. The maximum Gasteiger partial charge on any atom is 0.353 e. The molecule has 3 aliphatic rings. The highest BCUT2D eigenvalue weighted by atomic mass is 32.2. The van der Waals surface area contributed by atoms with Gasteiger partial charge >= 0.3 is 5.97 Å². The zero-order valence-electron chi connectivity index (χ0n) is 12.6. The average molecular weight is 341 g/mol. The molecule has 126 valence electrons. The first-order chi connectivity index (χ1) is 10.8. The van der Waals surface area contributed by atoms with Gasteiger partial charge in [-0.25, -0.2) is 4.79 Å². The second kappa shape index (κ2) is 5.81. The molecule has 0 saturated carbocycles. The van der Waals surface area contributed by atoms with E-state index in [1.54, 1.807) is 6.92 Å². The number of carboxylic acid groups (broad SMARTS) is 1. The Kier molecular flexibility index (Phi) is 4.11. The van der Waals surface area contributed by atoms with E-state index in [9.17, 15) is 24.6 Å². The molecule has 3 rings (SSSR count). The van der Waals surface area contributed by atoms with Crippen LogP contribution in [0.2, 0.25) is 0 Å². The van der Waals surface area contributed by atoms with Crippen molar-refractivity contribution in [3.05, 3.63) is 10.6 Å². The van der Waals surface area contributed by atoms with Crippen molar-refractivity contribution >= 4 is 29.5 Å². The van der Waals surface area contributed by atoms with Crippen LogP contribution in [0.15, 0.2) is 10.6 Å². The number of β-lactam (4-membered cyclic amide) rings is 1. The van der Waals surface area contributed by atoms with Crippen molar-refractivity contribution in [1.82, 2.24) is 10.2 Å². The Hall–Kier alpha value is -1.58. The lowest BCUT2D eigenvalue weighted by Crippen LogP contribution is -2.61. The Morgan fingerprint density at radius 1 is 1.48 bits per heavy atom. The zero-order chi connectivity index (χ0) is 16.9. The van der Waals surface area contributed by atoms with E-state index < -0.39 is 29.9 Å². The molecule has 9 heteroatoms. The average Bonchev–Trinajstić information content (AvgIpc) is 3.02. The van der Waals surface area contributed by atoms with Gasteiger partial charge in [0.25, 0.3) is 0 Å².